The molecular weight excluding hydrogens is 276 g/mol. The lowest BCUT2D eigenvalue weighted by Crippen LogP contribution is -2.29. The molecule has 2 saturated heterocycles. The van der Waals surface area contributed by atoms with E-state index in [2.05, 4.69) is 39.3 Å². The molecule has 1 N–H and O–H groups in total. The number of anilines is 1. The smallest absolute Gasteiger partial charge is 0.128 e. The molecule has 1 unspecified atom stereocenters. The summed E-state index contributed by atoms with van der Waals surface area (Å²) < 4.78 is 5.11. The normalized spacial score (nSPS) is 25.2. The van der Waals surface area contributed by atoms with Gasteiger partial charge in [0.05, 0.1) is 6.61 Å². The third-order valence-corrected chi connectivity index (χ3v) is 5.09. The number of likely N-dealkylation sites (tertiary alicyclic amines) is 1. The fourth-order valence-corrected chi connectivity index (χ4v) is 3.64. The van der Waals surface area contributed by atoms with Crippen LogP contribution in [0.25, 0.3) is 0 Å². The molecule has 0 amide bonds. The van der Waals surface area contributed by atoms with E-state index >= 15 is 0 Å². The van der Waals surface area contributed by atoms with Gasteiger partial charge in [-0.2, -0.15) is 0 Å². The average Bonchev–Trinajstić information content (AvgIpc) is 3.16. The van der Waals surface area contributed by atoms with Gasteiger partial charge in [0.1, 0.15) is 5.82 Å². The highest BCUT2D eigenvalue weighted by Crippen LogP contribution is 2.36. The Morgan fingerprint density at radius 1 is 1.41 bits per heavy atom. The summed E-state index contributed by atoms with van der Waals surface area (Å²) in [5.74, 6) is 1.01. The van der Waals surface area contributed by atoms with Gasteiger partial charge in [0.2, 0.25) is 0 Å². The van der Waals surface area contributed by atoms with Gasteiger partial charge in [0, 0.05) is 46.5 Å². The van der Waals surface area contributed by atoms with E-state index in [0.29, 0.717) is 5.41 Å². The van der Waals surface area contributed by atoms with Crippen LogP contribution in [0.15, 0.2) is 18.3 Å². The highest BCUT2D eigenvalue weighted by Gasteiger charge is 2.39. The third-order valence-electron chi connectivity index (χ3n) is 5.09. The lowest BCUT2D eigenvalue weighted by molar-refractivity contribution is 0.206. The topological polar surface area (TPSA) is 40.6 Å². The van der Waals surface area contributed by atoms with E-state index < -0.39 is 0 Å². The third kappa shape index (κ3) is 3.59. The predicted molar refractivity (Wildman–Crippen MR) is 89.2 cm³/mol. The van der Waals surface area contributed by atoms with Crippen molar-refractivity contribution in [1.29, 1.82) is 0 Å². The van der Waals surface area contributed by atoms with E-state index in [1.165, 1.54) is 44.6 Å². The molecule has 22 heavy (non-hydrogen) atoms. The largest absolute Gasteiger partial charge is 0.383 e. The van der Waals surface area contributed by atoms with Crippen LogP contribution in [0.4, 0.5) is 5.82 Å². The lowest BCUT2D eigenvalue weighted by Gasteiger charge is -2.23. The molecule has 5 nitrogen and oxygen atoms in total. The van der Waals surface area contributed by atoms with Crippen molar-refractivity contribution >= 4 is 5.82 Å². The zero-order valence-corrected chi connectivity index (χ0v) is 13.8. The number of ether oxygens (including phenoxy) is 1. The molecule has 3 heterocycles. The number of pyridine rings is 1. The van der Waals surface area contributed by atoms with E-state index in [1.807, 2.05) is 6.20 Å². The number of nitrogens with zero attached hydrogens (tertiary/aromatic N) is 3. The summed E-state index contributed by atoms with van der Waals surface area (Å²) >= 11 is 0. The number of hydrogen-bond donors (Lipinski definition) is 1. The second-order valence-corrected chi connectivity index (χ2v) is 6.83. The molecule has 2 fully saturated rings. The van der Waals surface area contributed by atoms with Crippen molar-refractivity contribution in [3.63, 3.8) is 0 Å². The second kappa shape index (κ2) is 6.94. The van der Waals surface area contributed by atoms with Gasteiger partial charge in [-0.15, -0.1) is 0 Å². The van der Waals surface area contributed by atoms with Crippen molar-refractivity contribution in [2.75, 3.05) is 58.4 Å². The summed E-state index contributed by atoms with van der Waals surface area (Å²) in [5.41, 5.74) is 1.86. The zero-order chi connectivity index (χ0) is 15.4. The van der Waals surface area contributed by atoms with Crippen molar-refractivity contribution in [2.24, 2.45) is 5.41 Å². The van der Waals surface area contributed by atoms with Crippen LogP contribution in [0.3, 0.4) is 0 Å². The Labute approximate surface area is 133 Å². The number of methoxy groups -OCH3 is 1. The molecule has 1 aromatic rings. The first-order valence-corrected chi connectivity index (χ1v) is 8.29. The zero-order valence-electron chi connectivity index (χ0n) is 13.8. The average molecular weight is 304 g/mol. The van der Waals surface area contributed by atoms with Gasteiger partial charge < -0.3 is 15.0 Å². The fourth-order valence-electron chi connectivity index (χ4n) is 3.64. The monoisotopic (exact) mass is 304 g/mol. The molecule has 0 aliphatic carbocycles. The minimum Gasteiger partial charge on any atom is -0.383 e. The van der Waals surface area contributed by atoms with Gasteiger partial charge in [-0.3, -0.25) is 4.90 Å². The molecule has 5 heteroatoms. The van der Waals surface area contributed by atoms with E-state index in [0.717, 1.165) is 25.5 Å². The van der Waals surface area contributed by atoms with Crippen LogP contribution in [0, 0.1) is 5.41 Å². The first kappa shape index (κ1) is 15.7. The minimum absolute atomic E-state index is 0.549. The standard InChI is InChI=1S/C17H28N4O/c1-20(9-10-22-2)16-4-3-15(11-19-16)12-21-8-6-17(14-21)5-7-18-13-17/h3-4,11,18H,5-10,12-14H2,1-2H3. The highest BCUT2D eigenvalue weighted by atomic mass is 16.5. The van der Waals surface area contributed by atoms with Crippen LogP contribution in [-0.2, 0) is 11.3 Å². The van der Waals surface area contributed by atoms with Crippen LogP contribution in [0.2, 0.25) is 0 Å². The summed E-state index contributed by atoms with van der Waals surface area (Å²) in [6.07, 6.45) is 4.70. The van der Waals surface area contributed by atoms with Crippen molar-refractivity contribution < 1.29 is 4.74 Å². The Hall–Kier alpha value is -1.17. The minimum atomic E-state index is 0.549. The fraction of sp³-hybridized carbons (Fsp3) is 0.706. The van der Waals surface area contributed by atoms with Gasteiger partial charge in [0.25, 0.3) is 0 Å². The second-order valence-electron chi connectivity index (χ2n) is 6.83. The SMILES string of the molecule is COCCN(C)c1ccc(CN2CCC3(CCNC3)C2)cn1. The molecule has 2 aliphatic heterocycles. The molecule has 0 radical (unpaired) electrons. The van der Waals surface area contributed by atoms with Crippen LogP contribution >= 0.6 is 0 Å². The van der Waals surface area contributed by atoms with E-state index in [-0.39, 0.29) is 0 Å². The molecule has 0 saturated carbocycles. The summed E-state index contributed by atoms with van der Waals surface area (Å²) in [7, 11) is 3.78. The Morgan fingerprint density at radius 2 is 2.32 bits per heavy atom. The summed E-state index contributed by atoms with van der Waals surface area (Å²) in [6, 6.07) is 4.33. The summed E-state index contributed by atoms with van der Waals surface area (Å²) in [5, 5.41) is 3.52. The molecule has 1 atom stereocenters. The summed E-state index contributed by atoms with van der Waals surface area (Å²) in [4.78, 5) is 9.30. The molecular formula is C17H28N4O. The number of aromatic nitrogens is 1. The summed E-state index contributed by atoms with van der Waals surface area (Å²) in [6.45, 7) is 7.46. The maximum absolute atomic E-state index is 5.11. The number of hydrogen-bond acceptors (Lipinski definition) is 5. The Balaban J connectivity index is 1.53. The van der Waals surface area contributed by atoms with Crippen molar-refractivity contribution in [3.8, 4) is 0 Å². The van der Waals surface area contributed by atoms with Crippen LogP contribution in [-0.4, -0.2) is 63.4 Å². The first-order valence-electron chi connectivity index (χ1n) is 8.29. The first-order chi connectivity index (χ1) is 10.7. The quantitative estimate of drug-likeness (QED) is 0.859. The van der Waals surface area contributed by atoms with Gasteiger partial charge >= 0.3 is 0 Å². The van der Waals surface area contributed by atoms with Gasteiger partial charge in [-0.1, -0.05) is 6.07 Å². The van der Waals surface area contributed by atoms with E-state index in [1.54, 1.807) is 7.11 Å². The number of nitrogens with one attached hydrogen (secondary N) is 1. The van der Waals surface area contributed by atoms with Crippen molar-refractivity contribution in [2.45, 2.75) is 19.4 Å². The number of likely N-dealkylation sites (N-methyl/N-ethyl adjacent to an activating group) is 1. The Kier molecular flexibility index (Phi) is 4.96. The maximum Gasteiger partial charge on any atom is 0.128 e. The van der Waals surface area contributed by atoms with Gasteiger partial charge in [-0.25, -0.2) is 4.98 Å². The van der Waals surface area contributed by atoms with Crippen LogP contribution in [0.5, 0.6) is 0 Å². The molecule has 0 aromatic carbocycles. The maximum atomic E-state index is 5.11. The van der Waals surface area contributed by atoms with Crippen LogP contribution in [0.1, 0.15) is 18.4 Å². The predicted octanol–water partition coefficient (Wildman–Crippen LogP) is 1.35. The highest BCUT2D eigenvalue weighted by molar-refractivity contribution is 5.38. The molecule has 2 aliphatic rings. The molecule has 122 valence electrons. The molecule has 0 bridgehead atoms. The molecule has 1 spiro atoms. The molecule has 1 aromatic heterocycles. The van der Waals surface area contributed by atoms with E-state index in [4.69, 9.17) is 4.74 Å². The van der Waals surface area contributed by atoms with Gasteiger partial charge in [-0.05, 0) is 43.0 Å². The molecule has 3 rings (SSSR count). The Bertz CT molecular complexity index is 470. The Morgan fingerprint density at radius 3 is 3.00 bits per heavy atom. The number of rotatable bonds is 6. The van der Waals surface area contributed by atoms with E-state index in [9.17, 15) is 0 Å². The lowest BCUT2D eigenvalue weighted by atomic mass is 9.87. The van der Waals surface area contributed by atoms with Crippen LogP contribution < -0.4 is 10.2 Å². The van der Waals surface area contributed by atoms with Crippen molar-refractivity contribution in [3.05, 3.63) is 23.9 Å². The van der Waals surface area contributed by atoms with Gasteiger partial charge in [0.15, 0.2) is 0 Å². The van der Waals surface area contributed by atoms with Crippen molar-refractivity contribution in [1.82, 2.24) is 15.2 Å².